The van der Waals surface area contributed by atoms with Crippen molar-refractivity contribution >= 4 is 9.84 Å². The fourth-order valence-corrected chi connectivity index (χ4v) is 2.50. The van der Waals surface area contributed by atoms with Gasteiger partial charge in [0.2, 0.25) is 0 Å². The topological polar surface area (TPSA) is 63.4 Å². The van der Waals surface area contributed by atoms with E-state index in [1.54, 1.807) is 6.92 Å². The van der Waals surface area contributed by atoms with Crippen molar-refractivity contribution in [1.82, 2.24) is 4.90 Å². The van der Waals surface area contributed by atoms with Crippen LogP contribution in [-0.2, 0) is 9.84 Å². The largest absolute Gasteiger partial charge is 0.329 e. The van der Waals surface area contributed by atoms with E-state index in [0.717, 1.165) is 19.6 Å². The second-order valence-corrected chi connectivity index (χ2v) is 7.05. The van der Waals surface area contributed by atoms with Gasteiger partial charge in [-0.3, -0.25) is 0 Å². The number of nitrogens with zero attached hydrogens (tertiary/aromatic N) is 1. The molecule has 98 valence electrons. The predicted octanol–water partition coefficient (Wildman–Crippen LogP) is 0.728. The van der Waals surface area contributed by atoms with Crippen LogP contribution in [0, 0.1) is 5.92 Å². The molecule has 0 unspecified atom stereocenters. The highest BCUT2D eigenvalue weighted by atomic mass is 32.2. The zero-order valence-corrected chi connectivity index (χ0v) is 11.6. The molecule has 4 nitrogen and oxygen atoms in total. The Morgan fingerprint density at radius 3 is 2.31 bits per heavy atom. The molecule has 0 aromatic rings. The zero-order chi connectivity index (χ0) is 12.6. The van der Waals surface area contributed by atoms with Gasteiger partial charge >= 0.3 is 0 Å². The van der Waals surface area contributed by atoms with Crippen LogP contribution in [0.3, 0.4) is 0 Å². The van der Waals surface area contributed by atoms with Crippen LogP contribution >= 0.6 is 0 Å². The summed E-state index contributed by atoms with van der Waals surface area (Å²) < 4.78 is 22.6. The normalized spacial score (nSPS) is 12.6. The highest BCUT2D eigenvalue weighted by molar-refractivity contribution is 7.91. The molecule has 0 aliphatic carbocycles. The minimum atomic E-state index is -2.82. The summed E-state index contributed by atoms with van der Waals surface area (Å²) in [6, 6.07) is 0. The van der Waals surface area contributed by atoms with E-state index in [9.17, 15) is 8.42 Å². The van der Waals surface area contributed by atoms with E-state index in [4.69, 9.17) is 5.73 Å². The maximum Gasteiger partial charge on any atom is 0.150 e. The summed E-state index contributed by atoms with van der Waals surface area (Å²) >= 11 is 0. The molecular formula is C11H26N2O2S. The Kier molecular flexibility index (Phi) is 7.97. The van der Waals surface area contributed by atoms with Gasteiger partial charge < -0.3 is 10.6 Å². The van der Waals surface area contributed by atoms with Gasteiger partial charge in [-0.05, 0) is 18.9 Å². The molecule has 0 aliphatic heterocycles. The Balaban J connectivity index is 3.93. The molecule has 16 heavy (non-hydrogen) atoms. The lowest BCUT2D eigenvalue weighted by atomic mass is 10.2. The highest BCUT2D eigenvalue weighted by Crippen LogP contribution is 2.01. The first-order valence-corrected chi connectivity index (χ1v) is 7.86. The lowest BCUT2D eigenvalue weighted by Gasteiger charge is -2.23. The molecule has 0 heterocycles. The molecule has 0 fully saturated rings. The van der Waals surface area contributed by atoms with Crippen LogP contribution in [0.1, 0.15) is 27.2 Å². The first kappa shape index (κ1) is 15.9. The Labute approximate surface area is 100 Å². The maximum absolute atomic E-state index is 11.3. The van der Waals surface area contributed by atoms with E-state index in [-0.39, 0.29) is 5.75 Å². The van der Waals surface area contributed by atoms with E-state index < -0.39 is 9.84 Å². The molecule has 0 atom stereocenters. The van der Waals surface area contributed by atoms with Gasteiger partial charge in [-0.2, -0.15) is 0 Å². The third-order valence-electron chi connectivity index (χ3n) is 2.44. The van der Waals surface area contributed by atoms with Crippen molar-refractivity contribution < 1.29 is 8.42 Å². The van der Waals surface area contributed by atoms with Crippen molar-refractivity contribution in [1.29, 1.82) is 0 Å². The quantitative estimate of drug-likeness (QED) is 0.655. The average Bonchev–Trinajstić information content (AvgIpc) is 2.17. The van der Waals surface area contributed by atoms with Crippen LogP contribution in [0.4, 0.5) is 0 Å². The fourth-order valence-electron chi connectivity index (χ4n) is 1.65. The standard InChI is InChI=1S/C11H26N2O2S/c1-4-16(14,15)9-5-7-13(8-6-12)10-11(2)3/h11H,4-10,12H2,1-3H3. The lowest BCUT2D eigenvalue weighted by Crippen LogP contribution is -2.34. The van der Waals surface area contributed by atoms with Crippen molar-refractivity contribution in [2.45, 2.75) is 27.2 Å². The summed E-state index contributed by atoms with van der Waals surface area (Å²) in [4.78, 5) is 2.25. The Morgan fingerprint density at radius 2 is 1.88 bits per heavy atom. The molecule has 0 aliphatic rings. The number of rotatable bonds is 9. The fraction of sp³-hybridized carbons (Fsp3) is 1.00. The molecule has 0 spiro atoms. The Morgan fingerprint density at radius 1 is 1.25 bits per heavy atom. The number of nitrogens with two attached hydrogens (primary N) is 1. The summed E-state index contributed by atoms with van der Waals surface area (Å²) in [5.41, 5.74) is 5.53. The van der Waals surface area contributed by atoms with E-state index in [0.29, 0.717) is 24.6 Å². The van der Waals surface area contributed by atoms with Crippen LogP contribution in [0.5, 0.6) is 0 Å². The van der Waals surface area contributed by atoms with Crippen LogP contribution in [-0.4, -0.2) is 51.0 Å². The molecule has 0 radical (unpaired) electrons. The van der Waals surface area contributed by atoms with Crippen LogP contribution in [0.15, 0.2) is 0 Å². The van der Waals surface area contributed by atoms with E-state index in [1.807, 2.05) is 0 Å². The van der Waals surface area contributed by atoms with Crippen molar-refractivity contribution in [3.63, 3.8) is 0 Å². The third-order valence-corrected chi connectivity index (χ3v) is 4.23. The number of hydrogen-bond donors (Lipinski definition) is 1. The van der Waals surface area contributed by atoms with Crippen molar-refractivity contribution in [3.05, 3.63) is 0 Å². The van der Waals surface area contributed by atoms with Crippen LogP contribution < -0.4 is 5.73 Å². The number of sulfone groups is 1. The molecular weight excluding hydrogens is 224 g/mol. The lowest BCUT2D eigenvalue weighted by molar-refractivity contribution is 0.251. The smallest absolute Gasteiger partial charge is 0.150 e. The van der Waals surface area contributed by atoms with E-state index in [1.165, 1.54) is 0 Å². The van der Waals surface area contributed by atoms with Gasteiger partial charge in [-0.25, -0.2) is 8.42 Å². The maximum atomic E-state index is 11.3. The third kappa shape index (κ3) is 8.07. The first-order valence-electron chi connectivity index (χ1n) is 6.04. The molecule has 0 aromatic heterocycles. The summed E-state index contributed by atoms with van der Waals surface area (Å²) in [6.07, 6.45) is 0.711. The van der Waals surface area contributed by atoms with Crippen molar-refractivity contribution in [2.75, 3.05) is 37.7 Å². The Bertz CT molecular complexity index is 263. The van der Waals surface area contributed by atoms with Crippen LogP contribution in [0.2, 0.25) is 0 Å². The summed E-state index contributed by atoms with van der Waals surface area (Å²) in [5, 5.41) is 0. The van der Waals surface area contributed by atoms with Gasteiger partial charge in [0.25, 0.3) is 0 Å². The molecule has 2 N–H and O–H groups in total. The van der Waals surface area contributed by atoms with Gasteiger partial charge in [-0.15, -0.1) is 0 Å². The van der Waals surface area contributed by atoms with Gasteiger partial charge in [0.15, 0.2) is 0 Å². The zero-order valence-electron chi connectivity index (χ0n) is 10.8. The molecule has 0 saturated carbocycles. The number of hydrogen-bond acceptors (Lipinski definition) is 4. The monoisotopic (exact) mass is 250 g/mol. The summed E-state index contributed by atoms with van der Waals surface area (Å²) in [7, 11) is -2.82. The molecule has 0 amide bonds. The Hall–Kier alpha value is -0.130. The molecule has 0 aromatic carbocycles. The molecule has 5 heteroatoms. The minimum absolute atomic E-state index is 0.244. The van der Waals surface area contributed by atoms with E-state index >= 15 is 0 Å². The molecule has 0 bridgehead atoms. The first-order chi connectivity index (χ1) is 7.41. The van der Waals surface area contributed by atoms with Gasteiger partial charge in [0.05, 0.1) is 5.75 Å². The predicted molar refractivity (Wildman–Crippen MR) is 69.3 cm³/mol. The highest BCUT2D eigenvalue weighted by Gasteiger charge is 2.10. The second kappa shape index (κ2) is 8.03. The summed E-state index contributed by atoms with van der Waals surface area (Å²) in [6.45, 7) is 9.31. The van der Waals surface area contributed by atoms with Gasteiger partial charge in [0.1, 0.15) is 9.84 Å². The van der Waals surface area contributed by atoms with Gasteiger partial charge in [-0.1, -0.05) is 20.8 Å². The summed E-state index contributed by atoms with van der Waals surface area (Å²) in [5.74, 6) is 1.13. The van der Waals surface area contributed by atoms with Gasteiger partial charge in [0, 0.05) is 25.4 Å². The minimum Gasteiger partial charge on any atom is -0.329 e. The average molecular weight is 250 g/mol. The SMILES string of the molecule is CCS(=O)(=O)CCCN(CCN)CC(C)C. The molecule has 0 rings (SSSR count). The second-order valence-electron chi connectivity index (χ2n) is 4.57. The molecule has 0 saturated heterocycles. The van der Waals surface area contributed by atoms with Crippen molar-refractivity contribution in [2.24, 2.45) is 11.7 Å². The van der Waals surface area contributed by atoms with Crippen LogP contribution in [0.25, 0.3) is 0 Å². The van der Waals surface area contributed by atoms with E-state index in [2.05, 4.69) is 18.7 Å². The van der Waals surface area contributed by atoms with Crippen molar-refractivity contribution in [3.8, 4) is 0 Å².